The van der Waals surface area contributed by atoms with Gasteiger partial charge in [0.1, 0.15) is 0 Å². The first-order valence-electron chi connectivity index (χ1n) is 1.44. The molecule has 0 aromatic heterocycles. The Kier molecular flexibility index (Phi) is 48.9. The van der Waals surface area contributed by atoms with Gasteiger partial charge in [-0.15, -0.1) is 5.73 Å². The maximum absolute atomic E-state index is 8.55. The van der Waals surface area contributed by atoms with Gasteiger partial charge in [-0.25, -0.2) is 0 Å². The van der Waals surface area contributed by atoms with Gasteiger partial charge in [0.2, 0.25) is 0 Å². The van der Waals surface area contributed by atoms with Crippen LogP contribution in [0.15, 0.2) is 18.9 Å². The molecule has 0 aliphatic heterocycles. The Labute approximate surface area is 132 Å². The molecule has 0 radical (unpaired) electrons. The van der Waals surface area contributed by atoms with Crippen molar-refractivity contribution in [3.63, 3.8) is 0 Å². The van der Waals surface area contributed by atoms with Crippen molar-refractivity contribution in [2.75, 3.05) is 0 Å². The number of rotatable bonds is 0. The van der Waals surface area contributed by atoms with Crippen molar-refractivity contribution in [2.45, 2.75) is 0 Å². The van der Waals surface area contributed by atoms with Gasteiger partial charge in [-0.05, 0) is 0 Å². The van der Waals surface area contributed by atoms with E-state index in [1.54, 1.807) is 0 Å². The van der Waals surface area contributed by atoms with E-state index in [4.69, 9.17) is 19.2 Å². The molecular weight excluding hydrogens is 200 g/mol. The fraction of sp³-hybridized carbons (Fsp3) is 0. The van der Waals surface area contributed by atoms with Crippen LogP contribution < -0.4 is 103 Å². The third-order valence-corrected chi connectivity index (χ3v) is 0. The second kappa shape index (κ2) is 18.4. The van der Waals surface area contributed by atoms with E-state index < -0.39 is 7.82 Å². The van der Waals surface area contributed by atoms with Crippen LogP contribution in [-0.4, -0.2) is 0 Å². The van der Waals surface area contributed by atoms with Gasteiger partial charge in [-0.3, -0.25) is 0 Å². The summed E-state index contributed by atoms with van der Waals surface area (Å²) in [5, 5.41) is 0. The van der Waals surface area contributed by atoms with E-state index in [1.165, 1.54) is 0 Å². The van der Waals surface area contributed by atoms with E-state index in [0.717, 1.165) is 0 Å². The van der Waals surface area contributed by atoms with Crippen molar-refractivity contribution in [3.8, 4) is 0 Å². The minimum absolute atomic E-state index is 0. The number of phosphoric acid groups is 1. The summed E-state index contributed by atoms with van der Waals surface area (Å²) >= 11 is 0. The van der Waals surface area contributed by atoms with Crippen LogP contribution in [-0.2, 0) is 4.57 Å². The Bertz CT molecular complexity index is 118. The summed E-state index contributed by atoms with van der Waals surface area (Å²) in [6, 6.07) is 0. The molecule has 0 bridgehead atoms. The quantitative estimate of drug-likeness (QED) is 0.223. The topological polar surface area (TPSA) is 86.2 Å². The standard InChI is InChI=1S/C3H4.3Na.H3O4P/c1-3-2;;;;1-5(2,3)4/h1-2H2;;;;(H3,1,2,3,4)/q;3*+1;/p-3. The smallest absolute Gasteiger partial charge is 0.822 e. The van der Waals surface area contributed by atoms with E-state index in [2.05, 4.69) is 18.9 Å². The molecule has 48 valence electrons. The SMILES string of the molecule is C=C=C.O=P([O-])([O-])[O-].[Na+].[Na+].[Na+]. The summed E-state index contributed by atoms with van der Waals surface area (Å²) in [5.41, 5.74) is 2.25. The van der Waals surface area contributed by atoms with Crippen molar-refractivity contribution in [3.05, 3.63) is 18.9 Å². The minimum Gasteiger partial charge on any atom is -0.822 e. The van der Waals surface area contributed by atoms with Gasteiger partial charge in [-0.2, -0.15) is 7.82 Å². The average Bonchev–Trinajstić information content (AvgIpc) is 1.27. The van der Waals surface area contributed by atoms with Crippen molar-refractivity contribution in [1.82, 2.24) is 0 Å². The molecule has 0 aromatic carbocycles. The predicted octanol–water partition coefficient (Wildman–Crippen LogP) is -10.9. The zero-order valence-corrected chi connectivity index (χ0v) is 13.9. The first kappa shape index (κ1) is 29.2. The Morgan fingerprint density at radius 3 is 1.00 bits per heavy atom. The molecule has 0 aromatic rings. The predicted molar refractivity (Wildman–Crippen MR) is 22.4 cm³/mol. The number of hydrogen-bond donors (Lipinski definition) is 0. The second-order valence-electron chi connectivity index (χ2n) is 0.697. The zero-order valence-electron chi connectivity index (χ0n) is 6.99. The van der Waals surface area contributed by atoms with Gasteiger partial charge in [-0.1, -0.05) is 13.2 Å². The molecule has 0 aliphatic carbocycles. The van der Waals surface area contributed by atoms with Gasteiger partial charge < -0.3 is 19.2 Å². The van der Waals surface area contributed by atoms with Crippen LogP contribution in [0.1, 0.15) is 0 Å². The van der Waals surface area contributed by atoms with E-state index in [9.17, 15) is 0 Å². The van der Waals surface area contributed by atoms with Crippen LogP contribution in [0.2, 0.25) is 0 Å². The Morgan fingerprint density at radius 2 is 1.00 bits per heavy atom. The van der Waals surface area contributed by atoms with Crippen molar-refractivity contribution in [1.29, 1.82) is 0 Å². The molecule has 0 aliphatic rings. The molecule has 11 heavy (non-hydrogen) atoms. The molecule has 0 saturated carbocycles. The fourth-order valence-corrected chi connectivity index (χ4v) is 0. The maximum atomic E-state index is 8.55. The fourth-order valence-electron chi connectivity index (χ4n) is 0. The average molecular weight is 204 g/mol. The minimum atomic E-state index is -5.39. The van der Waals surface area contributed by atoms with E-state index in [1.807, 2.05) is 0 Å². The van der Waals surface area contributed by atoms with Gasteiger partial charge in [0.25, 0.3) is 0 Å². The summed E-state index contributed by atoms with van der Waals surface area (Å²) in [7, 11) is -5.39. The molecule has 0 N–H and O–H groups in total. The molecule has 0 rings (SSSR count). The third kappa shape index (κ3) is 206. The van der Waals surface area contributed by atoms with Gasteiger partial charge in [0, 0.05) is 0 Å². The van der Waals surface area contributed by atoms with Crippen molar-refractivity contribution in [2.24, 2.45) is 0 Å². The van der Waals surface area contributed by atoms with Crippen LogP contribution in [0.4, 0.5) is 0 Å². The summed E-state index contributed by atoms with van der Waals surface area (Å²) in [6.45, 7) is 6.25. The van der Waals surface area contributed by atoms with Crippen LogP contribution in [0, 0.1) is 0 Å². The Hall–Kier alpha value is 2.63. The van der Waals surface area contributed by atoms with E-state index in [0.29, 0.717) is 0 Å². The van der Waals surface area contributed by atoms with Crippen LogP contribution in [0.3, 0.4) is 0 Å². The van der Waals surface area contributed by atoms with Crippen LogP contribution >= 0.6 is 7.82 Å². The third-order valence-electron chi connectivity index (χ3n) is 0. The number of hydrogen-bond acceptors (Lipinski definition) is 4. The first-order valence-corrected chi connectivity index (χ1v) is 2.90. The summed E-state index contributed by atoms with van der Waals surface area (Å²) in [4.78, 5) is 25.6. The second-order valence-corrected chi connectivity index (χ2v) is 1.59. The molecule has 0 saturated heterocycles. The van der Waals surface area contributed by atoms with Gasteiger partial charge in [0.05, 0.1) is 0 Å². The van der Waals surface area contributed by atoms with E-state index >= 15 is 0 Å². The monoisotopic (exact) mass is 204 g/mol. The maximum Gasteiger partial charge on any atom is 1.00 e. The molecule has 0 spiro atoms. The summed E-state index contributed by atoms with van der Waals surface area (Å²) in [5.74, 6) is 0. The Morgan fingerprint density at radius 1 is 1.00 bits per heavy atom. The largest absolute Gasteiger partial charge is 1.00 e. The molecule has 0 unspecified atom stereocenters. The molecule has 0 fully saturated rings. The molecule has 0 heterocycles. The molecule has 0 amide bonds. The summed E-state index contributed by atoms with van der Waals surface area (Å²) in [6.07, 6.45) is 0. The normalized spacial score (nSPS) is 6.09. The Balaban J connectivity index is -0.0000000183. The molecular formula is C3H4Na3O4P. The first-order chi connectivity index (χ1) is 3.41. The van der Waals surface area contributed by atoms with E-state index in [-0.39, 0.29) is 88.7 Å². The van der Waals surface area contributed by atoms with Crippen LogP contribution in [0.25, 0.3) is 0 Å². The van der Waals surface area contributed by atoms with Gasteiger partial charge in [0.15, 0.2) is 0 Å². The van der Waals surface area contributed by atoms with Gasteiger partial charge >= 0.3 is 88.7 Å². The summed E-state index contributed by atoms with van der Waals surface area (Å²) < 4.78 is 8.55. The zero-order chi connectivity index (χ0) is 7.21. The molecule has 0 atom stereocenters. The molecule has 4 nitrogen and oxygen atoms in total. The van der Waals surface area contributed by atoms with Crippen molar-refractivity contribution < 1.29 is 108 Å². The molecule has 8 heteroatoms. The van der Waals surface area contributed by atoms with Crippen LogP contribution in [0.5, 0.6) is 0 Å². The van der Waals surface area contributed by atoms with Crippen molar-refractivity contribution >= 4 is 7.82 Å².